The Morgan fingerprint density at radius 2 is 1.47 bits per heavy atom. The standard InChI is InChI=1S/C15H16O2/c1-9-4-5-12(6-10(9)2)14-8-13(16)7-11(3)15(14)17/h4-8,16-17H,1-3H3. The number of phenols is 2. The molecule has 0 spiro atoms. The minimum Gasteiger partial charge on any atom is -0.508 e. The van der Waals surface area contributed by atoms with Crippen molar-refractivity contribution >= 4 is 0 Å². The van der Waals surface area contributed by atoms with Crippen LogP contribution in [0.4, 0.5) is 0 Å². The molecule has 2 nitrogen and oxygen atoms in total. The van der Waals surface area contributed by atoms with Gasteiger partial charge in [-0.05, 0) is 55.2 Å². The Kier molecular flexibility index (Phi) is 2.80. The van der Waals surface area contributed by atoms with E-state index in [4.69, 9.17) is 0 Å². The summed E-state index contributed by atoms with van der Waals surface area (Å²) in [4.78, 5) is 0. The minimum absolute atomic E-state index is 0.175. The molecule has 0 aliphatic heterocycles. The number of hydrogen-bond acceptors (Lipinski definition) is 2. The van der Waals surface area contributed by atoms with Gasteiger partial charge >= 0.3 is 0 Å². The SMILES string of the molecule is Cc1ccc(-c2cc(O)cc(C)c2O)cc1C. The molecule has 0 unspecified atom stereocenters. The van der Waals surface area contributed by atoms with Crippen molar-refractivity contribution in [2.24, 2.45) is 0 Å². The fourth-order valence-electron chi connectivity index (χ4n) is 1.89. The zero-order chi connectivity index (χ0) is 12.6. The highest BCUT2D eigenvalue weighted by Crippen LogP contribution is 2.35. The van der Waals surface area contributed by atoms with Crippen molar-refractivity contribution in [3.8, 4) is 22.6 Å². The smallest absolute Gasteiger partial charge is 0.126 e. The van der Waals surface area contributed by atoms with Crippen LogP contribution in [0.5, 0.6) is 11.5 Å². The molecule has 0 saturated heterocycles. The monoisotopic (exact) mass is 228 g/mol. The molecule has 2 N–H and O–H groups in total. The zero-order valence-electron chi connectivity index (χ0n) is 10.3. The molecular formula is C15H16O2. The van der Waals surface area contributed by atoms with Gasteiger partial charge in [0.25, 0.3) is 0 Å². The fourth-order valence-corrected chi connectivity index (χ4v) is 1.89. The summed E-state index contributed by atoms with van der Waals surface area (Å²) in [6.07, 6.45) is 0. The van der Waals surface area contributed by atoms with Crippen LogP contribution in [-0.4, -0.2) is 10.2 Å². The van der Waals surface area contributed by atoms with E-state index in [0.717, 1.165) is 5.56 Å². The highest BCUT2D eigenvalue weighted by molar-refractivity contribution is 5.74. The zero-order valence-corrected chi connectivity index (χ0v) is 10.3. The molecule has 2 heteroatoms. The maximum absolute atomic E-state index is 10.0. The molecule has 0 heterocycles. The van der Waals surface area contributed by atoms with E-state index in [2.05, 4.69) is 0 Å². The third kappa shape index (κ3) is 2.11. The summed E-state index contributed by atoms with van der Waals surface area (Å²) in [5, 5.41) is 19.6. The predicted octanol–water partition coefficient (Wildman–Crippen LogP) is 3.69. The lowest BCUT2D eigenvalue weighted by Gasteiger charge is -2.10. The van der Waals surface area contributed by atoms with Crippen molar-refractivity contribution in [2.75, 3.05) is 0 Å². The average Bonchev–Trinajstić information content (AvgIpc) is 2.27. The maximum atomic E-state index is 10.0. The van der Waals surface area contributed by atoms with Gasteiger partial charge in [-0.1, -0.05) is 18.2 Å². The molecule has 2 rings (SSSR count). The third-order valence-corrected chi connectivity index (χ3v) is 3.10. The summed E-state index contributed by atoms with van der Waals surface area (Å²) in [7, 11) is 0. The minimum atomic E-state index is 0.175. The van der Waals surface area contributed by atoms with Crippen LogP contribution in [0.3, 0.4) is 0 Å². The van der Waals surface area contributed by atoms with Gasteiger partial charge in [0.2, 0.25) is 0 Å². The van der Waals surface area contributed by atoms with Crippen molar-refractivity contribution < 1.29 is 10.2 Å². The van der Waals surface area contributed by atoms with Gasteiger partial charge in [0.15, 0.2) is 0 Å². The maximum Gasteiger partial charge on any atom is 0.126 e. The van der Waals surface area contributed by atoms with Gasteiger partial charge in [0, 0.05) is 5.56 Å². The van der Waals surface area contributed by atoms with E-state index in [1.807, 2.05) is 32.0 Å². The van der Waals surface area contributed by atoms with Gasteiger partial charge < -0.3 is 10.2 Å². The summed E-state index contributed by atoms with van der Waals surface area (Å²) >= 11 is 0. The second kappa shape index (κ2) is 4.13. The van der Waals surface area contributed by atoms with E-state index in [0.29, 0.717) is 11.1 Å². The van der Waals surface area contributed by atoms with Crippen molar-refractivity contribution in [2.45, 2.75) is 20.8 Å². The molecule has 0 saturated carbocycles. The largest absolute Gasteiger partial charge is 0.508 e. The first kappa shape index (κ1) is 11.5. The molecular weight excluding hydrogens is 212 g/mol. The molecule has 0 radical (unpaired) electrons. The molecule has 2 aromatic rings. The Bertz CT molecular complexity index is 571. The lowest BCUT2D eigenvalue weighted by atomic mass is 9.98. The van der Waals surface area contributed by atoms with E-state index in [9.17, 15) is 10.2 Å². The lowest BCUT2D eigenvalue weighted by molar-refractivity contribution is 0.458. The van der Waals surface area contributed by atoms with Crippen molar-refractivity contribution in [1.82, 2.24) is 0 Å². The topological polar surface area (TPSA) is 40.5 Å². The number of phenolic OH excluding ortho intramolecular Hbond substituents is 2. The van der Waals surface area contributed by atoms with E-state index >= 15 is 0 Å². The Balaban J connectivity index is 2.64. The van der Waals surface area contributed by atoms with E-state index in [-0.39, 0.29) is 11.5 Å². The van der Waals surface area contributed by atoms with Crippen molar-refractivity contribution in [1.29, 1.82) is 0 Å². The lowest BCUT2D eigenvalue weighted by Crippen LogP contribution is -1.86. The Morgan fingerprint density at radius 3 is 2.12 bits per heavy atom. The molecule has 0 aliphatic carbocycles. The summed E-state index contributed by atoms with van der Waals surface area (Å²) in [5.41, 5.74) is 4.65. The van der Waals surface area contributed by atoms with Crippen LogP contribution in [0.25, 0.3) is 11.1 Å². The van der Waals surface area contributed by atoms with Crippen LogP contribution in [0, 0.1) is 20.8 Å². The summed E-state index contributed by atoms with van der Waals surface area (Å²) < 4.78 is 0. The predicted molar refractivity (Wildman–Crippen MR) is 69.4 cm³/mol. The van der Waals surface area contributed by atoms with Crippen LogP contribution < -0.4 is 0 Å². The van der Waals surface area contributed by atoms with Crippen LogP contribution in [0.1, 0.15) is 16.7 Å². The normalized spacial score (nSPS) is 10.5. The van der Waals surface area contributed by atoms with Crippen molar-refractivity contribution in [3.05, 3.63) is 47.0 Å². The van der Waals surface area contributed by atoms with Gasteiger partial charge in [0.05, 0.1) is 0 Å². The van der Waals surface area contributed by atoms with Crippen LogP contribution in [0.15, 0.2) is 30.3 Å². The molecule has 0 fully saturated rings. The summed E-state index contributed by atoms with van der Waals surface area (Å²) in [6.45, 7) is 5.86. The molecule has 0 bridgehead atoms. The van der Waals surface area contributed by atoms with Gasteiger partial charge in [-0.15, -0.1) is 0 Å². The molecule has 0 amide bonds. The van der Waals surface area contributed by atoms with Gasteiger partial charge in [0.1, 0.15) is 11.5 Å². The first-order valence-corrected chi connectivity index (χ1v) is 5.59. The molecule has 0 aromatic heterocycles. The van der Waals surface area contributed by atoms with Crippen molar-refractivity contribution in [3.63, 3.8) is 0 Å². The van der Waals surface area contributed by atoms with E-state index in [1.165, 1.54) is 11.1 Å². The summed E-state index contributed by atoms with van der Waals surface area (Å²) in [6, 6.07) is 9.13. The van der Waals surface area contributed by atoms with Gasteiger partial charge in [-0.25, -0.2) is 0 Å². The second-order valence-corrected chi connectivity index (χ2v) is 4.46. The average molecular weight is 228 g/mol. The molecule has 0 aliphatic rings. The molecule has 88 valence electrons. The highest BCUT2D eigenvalue weighted by Gasteiger charge is 2.09. The first-order valence-electron chi connectivity index (χ1n) is 5.59. The summed E-state index contributed by atoms with van der Waals surface area (Å²) in [5.74, 6) is 0.402. The third-order valence-electron chi connectivity index (χ3n) is 3.10. The molecule has 0 atom stereocenters. The highest BCUT2D eigenvalue weighted by atomic mass is 16.3. The number of aromatic hydroxyl groups is 2. The fraction of sp³-hybridized carbons (Fsp3) is 0.200. The Hall–Kier alpha value is -1.96. The van der Waals surface area contributed by atoms with Gasteiger partial charge in [-0.3, -0.25) is 0 Å². The molecule has 2 aromatic carbocycles. The van der Waals surface area contributed by atoms with E-state index in [1.54, 1.807) is 19.1 Å². The van der Waals surface area contributed by atoms with Gasteiger partial charge in [-0.2, -0.15) is 0 Å². The number of aryl methyl sites for hydroxylation is 3. The quantitative estimate of drug-likeness (QED) is 0.731. The van der Waals surface area contributed by atoms with Crippen LogP contribution >= 0.6 is 0 Å². The van der Waals surface area contributed by atoms with Crippen LogP contribution in [0.2, 0.25) is 0 Å². The number of rotatable bonds is 1. The second-order valence-electron chi connectivity index (χ2n) is 4.46. The molecule has 17 heavy (non-hydrogen) atoms. The van der Waals surface area contributed by atoms with E-state index < -0.39 is 0 Å². The number of benzene rings is 2. The first-order chi connectivity index (χ1) is 7.99. The number of hydrogen-bond donors (Lipinski definition) is 2. The van der Waals surface area contributed by atoms with Crippen LogP contribution in [-0.2, 0) is 0 Å². The Morgan fingerprint density at radius 1 is 0.765 bits per heavy atom. The Labute approximate surface area is 101 Å².